The molecule has 1 aliphatic rings. The first-order chi connectivity index (χ1) is 15.4. The molecule has 1 aliphatic carbocycles. The molecular weight excluding hydrogens is 408 g/mol. The Morgan fingerprint density at radius 3 is 2.59 bits per heavy atom. The lowest BCUT2D eigenvalue weighted by atomic mass is 10.1. The topological polar surface area (TPSA) is 104 Å². The van der Waals surface area contributed by atoms with Gasteiger partial charge in [-0.05, 0) is 37.3 Å². The number of rotatable bonds is 6. The van der Waals surface area contributed by atoms with Crippen molar-refractivity contribution in [2.24, 2.45) is 0 Å². The van der Waals surface area contributed by atoms with E-state index in [1.807, 2.05) is 13.0 Å². The quantitative estimate of drug-likeness (QED) is 0.630. The van der Waals surface area contributed by atoms with Gasteiger partial charge in [0.25, 0.3) is 5.91 Å². The van der Waals surface area contributed by atoms with Gasteiger partial charge in [0.15, 0.2) is 12.2 Å². The van der Waals surface area contributed by atoms with Crippen molar-refractivity contribution in [3.05, 3.63) is 78.1 Å². The zero-order chi connectivity index (χ0) is 22.7. The van der Waals surface area contributed by atoms with Gasteiger partial charge in [-0.2, -0.15) is 4.98 Å². The van der Waals surface area contributed by atoms with Gasteiger partial charge in [0, 0.05) is 43.5 Å². The van der Waals surface area contributed by atoms with E-state index in [-0.39, 0.29) is 11.7 Å². The number of nitrogens with one attached hydrogen (secondary N) is 1. The molecule has 0 fully saturated rings. The maximum atomic E-state index is 12.6. The molecule has 0 spiro atoms. The van der Waals surface area contributed by atoms with Gasteiger partial charge in [0.05, 0.1) is 11.9 Å². The first-order valence-corrected chi connectivity index (χ1v) is 9.95. The van der Waals surface area contributed by atoms with Crippen LogP contribution in [0.1, 0.15) is 22.3 Å². The van der Waals surface area contributed by atoms with Crippen LogP contribution in [0.25, 0.3) is 0 Å². The Kier molecular flexibility index (Phi) is 5.80. The molecule has 0 aliphatic heterocycles. The Hall–Kier alpha value is -4.27. The Balaban J connectivity index is 1.67. The van der Waals surface area contributed by atoms with Crippen molar-refractivity contribution in [2.75, 3.05) is 24.3 Å². The molecule has 1 aromatic carbocycles. The van der Waals surface area contributed by atoms with Gasteiger partial charge in [0.2, 0.25) is 11.8 Å². The van der Waals surface area contributed by atoms with Crippen molar-refractivity contribution in [1.82, 2.24) is 19.9 Å². The number of hydrogen-bond acceptors (Lipinski definition) is 8. The molecule has 0 radical (unpaired) electrons. The zero-order valence-corrected chi connectivity index (χ0v) is 17.9. The minimum Gasteiger partial charge on any atom is -0.427 e. The maximum Gasteiger partial charge on any atom is 0.253 e. The fourth-order valence-electron chi connectivity index (χ4n) is 3.19. The van der Waals surface area contributed by atoms with E-state index >= 15 is 0 Å². The highest BCUT2D eigenvalue weighted by atomic mass is 16.4. The standard InChI is InChI=1S/C23H22N6O3/c1-15-12-25-23(26-17-10-8-16(9-11-17)22(31)28(2)3)27-21(15)29(20-13-24-14-32-20)18-6-4-5-7-19(18)30/h4-6,8-14H,7H2,1-3H3,(H,25,26,27). The van der Waals surface area contributed by atoms with Crippen LogP contribution in [0.15, 0.2) is 71.4 Å². The number of nitrogens with zero attached hydrogens (tertiary/aromatic N) is 5. The summed E-state index contributed by atoms with van der Waals surface area (Å²) < 4.78 is 5.50. The van der Waals surface area contributed by atoms with E-state index in [4.69, 9.17) is 4.42 Å². The summed E-state index contributed by atoms with van der Waals surface area (Å²) in [6.45, 7) is 1.85. The normalized spacial score (nSPS) is 13.0. The maximum absolute atomic E-state index is 12.6. The third-order valence-electron chi connectivity index (χ3n) is 4.81. The van der Waals surface area contributed by atoms with Gasteiger partial charge in [-0.25, -0.2) is 9.97 Å². The highest BCUT2D eigenvalue weighted by Gasteiger charge is 2.26. The lowest BCUT2D eigenvalue weighted by molar-refractivity contribution is -0.114. The molecule has 0 saturated heterocycles. The fourth-order valence-corrected chi connectivity index (χ4v) is 3.19. The Labute approximate surface area is 185 Å². The summed E-state index contributed by atoms with van der Waals surface area (Å²) in [5.74, 6) is 1.07. The van der Waals surface area contributed by atoms with Crippen molar-refractivity contribution in [3.63, 3.8) is 0 Å². The molecular formula is C23H22N6O3. The van der Waals surface area contributed by atoms with E-state index in [9.17, 15) is 9.59 Å². The lowest BCUT2D eigenvalue weighted by Gasteiger charge is -2.25. The number of allylic oxidation sites excluding steroid dienone is 4. The van der Waals surface area contributed by atoms with Crippen LogP contribution in [0.3, 0.4) is 0 Å². The van der Waals surface area contributed by atoms with Crippen molar-refractivity contribution < 1.29 is 14.0 Å². The second-order valence-electron chi connectivity index (χ2n) is 7.38. The van der Waals surface area contributed by atoms with Crippen LogP contribution in [0, 0.1) is 6.92 Å². The average Bonchev–Trinajstić information content (AvgIpc) is 3.32. The van der Waals surface area contributed by atoms with E-state index in [0.717, 1.165) is 11.3 Å². The van der Waals surface area contributed by atoms with E-state index in [1.165, 1.54) is 17.5 Å². The van der Waals surface area contributed by atoms with Crippen LogP contribution in [0.2, 0.25) is 0 Å². The van der Waals surface area contributed by atoms with Crippen LogP contribution in [0.5, 0.6) is 0 Å². The molecule has 2 heterocycles. The molecule has 9 heteroatoms. The molecule has 2 aromatic heterocycles. The number of aromatic nitrogens is 3. The molecule has 0 saturated carbocycles. The molecule has 3 aromatic rings. The predicted molar refractivity (Wildman–Crippen MR) is 120 cm³/mol. The number of amides is 1. The SMILES string of the molecule is Cc1cnc(Nc2ccc(C(=O)N(C)C)cc2)nc1N(C1=CC=CCC1=O)c1cnco1. The van der Waals surface area contributed by atoms with E-state index in [2.05, 4.69) is 20.3 Å². The molecule has 1 N–H and O–H groups in total. The van der Waals surface area contributed by atoms with Gasteiger partial charge >= 0.3 is 0 Å². The molecule has 32 heavy (non-hydrogen) atoms. The number of aryl methyl sites for hydroxylation is 1. The number of oxazole rings is 1. The summed E-state index contributed by atoms with van der Waals surface area (Å²) in [6, 6.07) is 7.04. The number of ketones is 1. The number of carbonyl (C=O) groups is 2. The van der Waals surface area contributed by atoms with Crippen LogP contribution in [-0.2, 0) is 4.79 Å². The number of anilines is 4. The van der Waals surface area contributed by atoms with Gasteiger partial charge in [-0.3, -0.25) is 14.5 Å². The Morgan fingerprint density at radius 1 is 1.16 bits per heavy atom. The number of benzene rings is 1. The third-order valence-corrected chi connectivity index (χ3v) is 4.81. The summed E-state index contributed by atoms with van der Waals surface area (Å²) in [5, 5.41) is 3.14. The van der Waals surface area contributed by atoms with Gasteiger partial charge in [-0.1, -0.05) is 12.2 Å². The zero-order valence-electron chi connectivity index (χ0n) is 17.9. The van der Waals surface area contributed by atoms with Crippen LogP contribution < -0.4 is 10.2 Å². The smallest absolute Gasteiger partial charge is 0.253 e. The minimum absolute atomic E-state index is 0.0578. The Morgan fingerprint density at radius 2 is 1.94 bits per heavy atom. The van der Waals surface area contributed by atoms with Gasteiger partial charge in [-0.15, -0.1) is 0 Å². The van der Waals surface area contributed by atoms with Crippen molar-refractivity contribution in [1.29, 1.82) is 0 Å². The minimum atomic E-state index is -0.0763. The first kappa shape index (κ1) is 21.0. The number of carbonyl (C=O) groups excluding carboxylic acids is 2. The second-order valence-corrected chi connectivity index (χ2v) is 7.38. The molecule has 1 amide bonds. The molecule has 4 rings (SSSR count). The molecule has 0 bridgehead atoms. The van der Waals surface area contributed by atoms with Gasteiger partial charge < -0.3 is 14.6 Å². The summed E-state index contributed by atoms with van der Waals surface area (Å²) in [5.41, 5.74) is 2.49. The number of hydrogen-bond donors (Lipinski definition) is 1. The van der Waals surface area contributed by atoms with Crippen molar-refractivity contribution in [2.45, 2.75) is 13.3 Å². The molecule has 162 valence electrons. The van der Waals surface area contributed by atoms with Gasteiger partial charge in [0.1, 0.15) is 5.82 Å². The van der Waals surface area contributed by atoms with Crippen LogP contribution in [-0.4, -0.2) is 45.6 Å². The summed E-state index contributed by atoms with van der Waals surface area (Å²) in [7, 11) is 3.41. The highest BCUT2D eigenvalue weighted by Crippen LogP contribution is 2.33. The second kappa shape index (κ2) is 8.84. The van der Waals surface area contributed by atoms with E-state index < -0.39 is 0 Å². The Bertz CT molecular complexity index is 1200. The molecule has 9 nitrogen and oxygen atoms in total. The molecule has 0 unspecified atom stereocenters. The van der Waals surface area contributed by atoms with Crippen LogP contribution in [0.4, 0.5) is 23.3 Å². The largest absolute Gasteiger partial charge is 0.427 e. The molecule has 0 atom stereocenters. The monoisotopic (exact) mass is 430 g/mol. The van der Waals surface area contributed by atoms with Crippen molar-refractivity contribution in [3.8, 4) is 0 Å². The van der Waals surface area contributed by atoms with Crippen LogP contribution >= 0.6 is 0 Å². The summed E-state index contributed by atoms with van der Waals surface area (Å²) >= 11 is 0. The average molecular weight is 430 g/mol. The van der Waals surface area contributed by atoms with E-state index in [0.29, 0.717) is 35.3 Å². The predicted octanol–water partition coefficient (Wildman–Crippen LogP) is 3.77. The summed E-state index contributed by atoms with van der Waals surface area (Å²) in [6.07, 6.45) is 10.1. The highest BCUT2D eigenvalue weighted by molar-refractivity contribution is 6.02. The van der Waals surface area contributed by atoms with Crippen molar-refractivity contribution >= 4 is 35.0 Å². The summed E-state index contributed by atoms with van der Waals surface area (Å²) in [4.78, 5) is 40.8. The lowest BCUT2D eigenvalue weighted by Crippen LogP contribution is -2.25. The number of Topliss-reactive ketones (excluding diaryl/α,β-unsaturated/α-hetero) is 1. The third kappa shape index (κ3) is 4.27. The first-order valence-electron chi connectivity index (χ1n) is 9.95. The van der Waals surface area contributed by atoms with E-state index in [1.54, 1.807) is 61.6 Å². The fraction of sp³-hybridized carbons (Fsp3) is 0.174.